The van der Waals surface area contributed by atoms with Crippen LogP contribution in [0.4, 0.5) is 5.69 Å². The number of anilines is 1. The number of nitrogens with one attached hydrogen (secondary N) is 1. The van der Waals surface area contributed by atoms with Crippen LogP contribution in [0.1, 0.15) is 20.3 Å². The fraction of sp³-hybridized carbons (Fsp3) is 0.438. The molecule has 2 aromatic rings. The van der Waals surface area contributed by atoms with Crippen LogP contribution in [0.25, 0.3) is 10.9 Å². The van der Waals surface area contributed by atoms with Crippen LogP contribution in [-0.2, 0) is 7.05 Å². The predicted octanol–water partition coefficient (Wildman–Crippen LogP) is 2.36. The van der Waals surface area contributed by atoms with Gasteiger partial charge in [-0.2, -0.15) is 0 Å². The average Bonchev–Trinajstić information content (AvgIpc) is 2.43. The van der Waals surface area contributed by atoms with Crippen molar-refractivity contribution < 1.29 is 5.11 Å². The molecule has 0 aliphatic carbocycles. The highest BCUT2D eigenvalue weighted by atomic mass is 16.3. The Balaban J connectivity index is 2.44. The second-order valence-electron chi connectivity index (χ2n) is 5.63. The molecule has 20 heavy (non-hydrogen) atoms. The Morgan fingerprint density at radius 2 is 2.00 bits per heavy atom. The van der Waals surface area contributed by atoms with E-state index in [9.17, 15) is 9.90 Å². The monoisotopic (exact) mass is 274 g/mol. The highest BCUT2D eigenvalue weighted by Gasteiger charge is 2.12. The van der Waals surface area contributed by atoms with Crippen molar-refractivity contribution >= 4 is 16.6 Å². The van der Waals surface area contributed by atoms with Gasteiger partial charge in [-0.3, -0.25) is 4.79 Å². The lowest BCUT2D eigenvalue weighted by molar-refractivity contribution is 0.259. The molecule has 1 aromatic heterocycles. The maximum atomic E-state index is 12.0. The van der Waals surface area contributed by atoms with Crippen LogP contribution in [-0.4, -0.2) is 22.3 Å². The minimum absolute atomic E-state index is 0.0366. The second-order valence-corrected chi connectivity index (χ2v) is 5.63. The Bertz CT molecular complexity index is 646. The zero-order valence-electron chi connectivity index (χ0n) is 12.3. The number of aryl methyl sites for hydroxylation is 1. The van der Waals surface area contributed by atoms with E-state index in [-0.39, 0.29) is 18.2 Å². The van der Waals surface area contributed by atoms with Gasteiger partial charge in [-0.15, -0.1) is 0 Å². The second kappa shape index (κ2) is 6.09. The molecule has 0 fully saturated rings. The molecule has 4 heteroatoms. The zero-order chi connectivity index (χ0) is 14.7. The van der Waals surface area contributed by atoms with Gasteiger partial charge in [0.1, 0.15) is 0 Å². The summed E-state index contributed by atoms with van der Waals surface area (Å²) in [5, 5.41) is 13.8. The van der Waals surface area contributed by atoms with Crippen molar-refractivity contribution in [3.63, 3.8) is 0 Å². The molecule has 0 saturated carbocycles. The quantitative estimate of drug-likeness (QED) is 0.880. The van der Waals surface area contributed by atoms with Crippen molar-refractivity contribution in [1.29, 1.82) is 0 Å². The smallest absolute Gasteiger partial charge is 0.252 e. The fourth-order valence-corrected chi connectivity index (χ4v) is 2.50. The third-order valence-electron chi connectivity index (χ3n) is 3.49. The summed E-state index contributed by atoms with van der Waals surface area (Å²) in [7, 11) is 1.77. The SMILES string of the molecule is CC(C)CC(CO)Nc1cc(=O)n(C)c2ccccc12. The highest BCUT2D eigenvalue weighted by Crippen LogP contribution is 2.22. The number of hydrogen-bond acceptors (Lipinski definition) is 3. The molecular weight excluding hydrogens is 252 g/mol. The fourth-order valence-electron chi connectivity index (χ4n) is 2.50. The first kappa shape index (κ1) is 14.6. The molecule has 0 radical (unpaired) electrons. The molecule has 0 aliphatic rings. The first-order valence-electron chi connectivity index (χ1n) is 6.99. The highest BCUT2D eigenvalue weighted by molar-refractivity contribution is 5.91. The normalized spacial score (nSPS) is 12.8. The number of hydrogen-bond donors (Lipinski definition) is 2. The van der Waals surface area contributed by atoms with Crippen molar-refractivity contribution in [3.8, 4) is 0 Å². The molecule has 108 valence electrons. The largest absolute Gasteiger partial charge is 0.394 e. The molecule has 0 aliphatic heterocycles. The number of benzene rings is 1. The summed E-state index contributed by atoms with van der Waals surface area (Å²) in [6, 6.07) is 9.35. The van der Waals surface area contributed by atoms with Crippen LogP contribution in [0.3, 0.4) is 0 Å². The molecule has 2 rings (SSSR count). The first-order chi connectivity index (χ1) is 9.52. The van der Waals surface area contributed by atoms with Crippen LogP contribution in [0, 0.1) is 5.92 Å². The van der Waals surface area contributed by atoms with Crippen LogP contribution < -0.4 is 10.9 Å². The number of nitrogens with zero attached hydrogens (tertiary/aromatic N) is 1. The summed E-state index contributed by atoms with van der Waals surface area (Å²) in [5.74, 6) is 0.484. The van der Waals surface area contributed by atoms with Gasteiger partial charge in [0.15, 0.2) is 0 Å². The van der Waals surface area contributed by atoms with Gasteiger partial charge >= 0.3 is 0 Å². The van der Waals surface area contributed by atoms with Gasteiger partial charge < -0.3 is 15.0 Å². The minimum atomic E-state index is -0.0487. The minimum Gasteiger partial charge on any atom is -0.394 e. The number of pyridine rings is 1. The van der Waals surface area contributed by atoms with Crippen LogP contribution in [0.15, 0.2) is 35.1 Å². The summed E-state index contributed by atoms with van der Waals surface area (Å²) in [6.45, 7) is 4.29. The molecule has 1 atom stereocenters. The van der Waals surface area contributed by atoms with Crippen molar-refractivity contribution in [3.05, 3.63) is 40.7 Å². The lowest BCUT2D eigenvalue weighted by Gasteiger charge is -2.21. The first-order valence-corrected chi connectivity index (χ1v) is 6.99. The predicted molar refractivity (Wildman–Crippen MR) is 83.1 cm³/mol. The molecule has 1 aromatic carbocycles. The van der Waals surface area contributed by atoms with Crippen molar-refractivity contribution in [2.45, 2.75) is 26.3 Å². The molecule has 0 amide bonds. The number of fused-ring (bicyclic) bond motifs is 1. The summed E-state index contributed by atoms with van der Waals surface area (Å²) in [6.07, 6.45) is 0.861. The number of aliphatic hydroxyl groups is 1. The Morgan fingerprint density at radius 3 is 2.65 bits per heavy atom. The van der Waals surface area contributed by atoms with Gasteiger partial charge in [0.25, 0.3) is 5.56 Å². The van der Waals surface area contributed by atoms with E-state index in [0.717, 1.165) is 23.0 Å². The third-order valence-corrected chi connectivity index (χ3v) is 3.49. The van der Waals surface area contributed by atoms with E-state index in [1.165, 1.54) is 0 Å². The van der Waals surface area contributed by atoms with E-state index in [1.54, 1.807) is 17.7 Å². The van der Waals surface area contributed by atoms with Gasteiger partial charge in [0.2, 0.25) is 0 Å². The Labute approximate surface area is 119 Å². The van der Waals surface area contributed by atoms with E-state index in [4.69, 9.17) is 0 Å². The van der Waals surface area contributed by atoms with Gasteiger partial charge in [-0.05, 0) is 18.4 Å². The zero-order valence-corrected chi connectivity index (χ0v) is 12.3. The molecule has 4 nitrogen and oxygen atoms in total. The lowest BCUT2D eigenvalue weighted by Crippen LogP contribution is -2.27. The Hall–Kier alpha value is -1.81. The van der Waals surface area contributed by atoms with E-state index in [1.807, 2.05) is 24.3 Å². The van der Waals surface area contributed by atoms with E-state index in [2.05, 4.69) is 19.2 Å². The molecule has 0 bridgehead atoms. The summed E-state index contributed by atoms with van der Waals surface area (Å²) in [5.41, 5.74) is 1.64. The molecule has 0 spiro atoms. The molecular formula is C16H22N2O2. The standard InChI is InChI=1S/C16H22N2O2/c1-11(2)8-12(10-19)17-14-9-16(20)18(3)15-7-5-4-6-13(14)15/h4-7,9,11-12,17,19H,8,10H2,1-3H3. The van der Waals surface area contributed by atoms with Gasteiger partial charge in [-0.1, -0.05) is 32.0 Å². The number of para-hydroxylation sites is 1. The Morgan fingerprint density at radius 1 is 1.30 bits per heavy atom. The van der Waals surface area contributed by atoms with Gasteiger partial charge in [0, 0.05) is 30.2 Å². The topological polar surface area (TPSA) is 54.3 Å². The van der Waals surface area contributed by atoms with E-state index in [0.29, 0.717) is 5.92 Å². The Kier molecular flexibility index (Phi) is 4.45. The van der Waals surface area contributed by atoms with Crippen molar-refractivity contribution in [2.24, 2.45) is 13.0 Å². The third kappa shape index (κ3) is 3.02. The van der Waals surface area contributed by atoms with Crippen molar-refractivity contribution in [1.82, 2.24) is 4.57 Å². The van der Waals surface area contributed by atoms with E-state index < -0.39 is 0 Å². The van der Waals surface area contributed by atoms with Crippen LogP contribution >= 0.6 is 0 Å². The molecule has 1 heterocycles. The molecule has 2 N–H and O–H groups in total. The number of rotatable bonds is 5. The van der Waals surface area contributed by atoms with Crippen molar-refractivity contribution in [2.75, 3.05) is 11.9 Å². The van der Waals surface area contributed by atoms with E-state index >= 15 is 0 Å². The lowest BCUT2D eigenvalue weighted by atomic mass is 10.0. The number of aliphatic hydroxyl groups excluding tert-OH is 1. The van der Waals surface area contributed by atoms with Gasteiger partial charge in [-0.25, -0.2) is 0 Å². The van der Waals surface area contributed by atoms with Crippen LogP contribution in [0.5, 0.6) is 0 Å². The maximum Gasteiger partial charge on any atom is 0.252 e. The summed E-state index contributed by atoms with van der Waals surface area (Å²) < 4.78 is 1.64. The van der Waals surface area contributed by atoms with Gasteiger partial charge in [0.05, 0.1) is 12.1 Å². The number of aromatic nitrogens is 1. The van der Waals surface area contributed by atoms with Crippen LogP contribution in [0.2, 0.25) is 0 Å². The molecule has 1 unspecified atom stereocenters. The maximum absolute atomic E-state index is 12.0. The molecule has 0 saturated heterocycles. The summed E-state index contributed by atoms with van der Waals surface area (Å²) in [4.78, 5) is 12.0. The summed E-state index contributed by atoms with van der Waals surface area (Å²) >= 11 is 0. The average molecular weight is 274 g/mol.